The van der Waals surface area contributed by atoms with Crippen LogP contribution in [0.25, 0.3) is 0 Å². The number of carboxylic acids is 1. The van der Waals surface area contributed by atoms with Gasteiger partial charge < -0.3 is 14.6 Å². The van der Waals surface area contributed by atoms with Crippen molar-refractivity contribution in [2.45, 2.75) is 97.0 Å². The average Bonchev–Trinajstić information content (AvgIpc) is 2.82. The number of rotatable bonds is 14. The second-order valence-corrected chi connectivity index (χ2v) is 7.40. The molecule has 1 saturated heterocycles. The highest BCUT2D eigenvalue weighted by atomic mass is 16.6. The van der Waals surface area contributed by atoms with Gasteiger partial charge in [-0.05, 0) is 26.2 Å². The second-order valence-electron chi connectivity index (χ2n) is 7.40. The van der Waals surface area contributed by atoms with Gasteiger partial charge in [-0.3, -0.25) is 9.59 Å². The van der Waals surface area contributed by atoms with E-state index >= 15 is 0 Å². The number of carbonyl (C=O) groups is 3. The summed E-state index contributed by atoms with van der Waals surface area (Å²) in [5, 5.41) is 9.23. The number of carboxylic acid groups (broad SMARTS) is 1. The Morgan fingerprint density at radius 3 is 1.88 bits per heavy atom. The van der Waals surface area contributed by atoms with Crippen LogP contribution in [0.3, 0.4) is 0 Å². The van der Waals surface area contributed by atoms with E-state index in [4.69, 9.17) is 4.74 Å². The molecule has 1 aliphatic heterocycles. The molecule has 0 saturated carbocycles. The predicted molar refractivity (Wildman–Crippen MR) is 96.3 cm³/mol. The number of unbranched alkanes of at least 4 members (excludes halogenated alkanes) is 9. The monoisotopic (exact) mass is 354 g/mol. The van der Waals surface area contributed by atoms with Crippen LogP contribution in [0.15, 0.2) is 0 Å². The summed E-state index contributed by atoms with van der Waals surface area (Å²) in [5.41, 5.74) is 0. The number of esters is 1. The van der Waals surface area contributed by atoms with E-state index in [1.54, 1.807) is 13.8 Å². The normalized spacial score (nSPS) is 22.8. The first-order valence-corrected chi connectivity index (χ1v) is 9.86. The van der Waals surface area contributed by atoms with Crippen LogP contribution in [-0.2, 0) is 19.1 Å². The molecule has 1 rings (SSSR count). The molecule has 1 heterocycles. The lowest BCUT2D eigenvalue weighted by Crippen LogP contribution is -2.27. The van der Waals surface area contributed by atoms with E-state index in [2.05, 4.69) is 0 Å². The maximum Gasteiger partial charge on any atom is 0.311 e. The number of Topliss-reactive ketones (excluding diaryl/α,β-unsaturated/α-hetero) is 1. The van der Waals surface area contributed by atoms with Crippen LogP contribution in [0.1, 0.15) is 90.9 Å². The van der Waals surface area contributed by atoms with Gasteiger partial charge in [0.2, 0.25) is 0 Å². The molecule has 1 aliphatic rings. The summed E-state index contributed by atoms with van der Waals surface area (Å²) in [5.74, 6) is -2.22. The molecule has 0 aromatic carbocycles. The summed E-state index contributed by atoms with van der Waals surface area (Å²) in [7, 11) is 0. The van der Waals surface area contributed by atoms with Gasteiger partial charge in [0, 0.05) is 6.42 Å². The Balaban J connectivity index is 1.96. The summed E-state index contributed by atoms with van der Waals surface area (Å²) in [6, 6.07) is 0. The fourth-order valence-electron chi connectivity index (χ4n) is 3.54. The predicted octanol–water partition coefficient (Wildman–Crippen LogP) is 4.52. The molecule has 1 N–H and O–H groups in total. The summed E-state index contributed by atoms with van der Waals surface area (Å²) in [4.78, 5) is 33.6. The highest BCUT2D eigenvalue weighted by molar-refractivity contribution is 5.84. The van der Waals surface area contributed by atoms with Gasteiger partial charge in [-0.2, -0.15) is 0 Å². The lowest BCUT2D eigenvalue weighted by atomic mass is 9.89. The molecule has 0 aromatic heterocycles. The van der Waals surface area contributed by atoms with Crippen LogP contribution in [-0.4, -0.2) is 28.9 Å². The minimum Gasteiger partial charge on any atom is -0.481 e. The third-order valence-corrected chi connectivity index (χ3v) is 5.13. The molecule has 0 aliphatic carbocycles. The summed E-state index contributed by atoms with van der Waals surface area (Å²) in [6.07, 6.45) is 12.4. The molecule has 0 radical (unpaired) electrons. The number of carbonyl (C=O) groups excluding carboxylic acids is 2. The molecule has 25 heavy (non-hydrogen) atoms. The van der Waals surface area contributed by atoms with Crippen LogP contribution >= 0.6 is 0 Å². The van der Waals surface area contributed by atoms with Crippen molar-refractivity contribution in [2.75, 3.05) is 0 Å². The Morgan fingerprint density at radius 1 is 0.920 bits per heavy atom. The zero-order valence-electron chi connectivity index (χ0n) is 15.8. The number of ketones is 1. The van der Waals surface area contributed by atoms with Crippen LogP contribution in [0.5, 0.6) is 0 Å². The summed E-state index contributed by atoms with van der Waals surface area (Å²) >= 11 is 0. The van der Waals surface area contributed by atoms with Crippen molar-refractivity contribution >= 4 is 17.7 Å². The third-order valence-electron chi connectivity index (χ3n) is 5.13. The topological polar surface area (TPSA) is 80.7 Å². The van der Waals surface area contributed by atoms with Gasteiger partial charge >= 0.3 is 11.9 Å². The number of hydrogen-bond acceptors (Lipinski definition) is 4. The number of cyclic esters (lactones) is 1. The van der Waals surface area contributed by atoms with Crippen molar-refractivity contribution in [3.8, 4) is 0 Å². The summed E-state index contributed by atoms with van der Waals surface area (Å²) < 4.78 is 5.21. The van der Waals surface area contributed by atoms with Gasteiger partial charge in [-0.15, -0.1) is 0 Å². The van der Waals surface area contributed by atoms with Crippen LogP contribution < -0.4 is 0 Å². The van der Waals surface area contributed by atoms with E-state index in [9.17, 15) is 19.5 Å². The molecule has 0 bridgehead atoms. The van der Waals surface area contributed by atoms with E-state index in [0.29, 0.717) is 6.42 Å². The van der Waals surface area contributed by atoms with E-state index in [-0.39, 0.29) is 11.8 Å². The highest BCUT2D eigenvalue weighted by Crippen LogP contribution is 2.31. The molecular formula is C20H34O5. The SMILES string of the molecule is CC(=O)CCCCCCCCCCCCC1OC(=O)C(C)C1C(=O)O. The first kappa shape index (κ1) is 21.7. The fraction of sp³-hybridized carbons (Fsp3) is 0.850. The van der Waals surface area contributed by atoms with E-state index < -0.39 is 23.9 Å². The summed E-state index contributed by atoms with van der Waals surface area (Å²) in [6.45, 7) is 3.29. The van der Waals surface area contributed by atoms with Gasteiger partial charge in [0.15, 0.2) is 0 Å². The molecule has 0 aromatic rings. The largest absolute Gasteiger partial charge is 0.481 e. The third kappa shape index (κ3) is 8.50. The first-order chi connectivity index (χ1) is 11.9. The van der Waals surface area contributed by atoms with Gasteiger partial charge in [0.25, 0.3) is 0 Å². The van der Waals surface area contributed by atoms with Crippen molar-refractivity contribution < 1.29 is 24.2 Å². The molecule has 0 spiro atoms. The Bertz CT molecular complexity index is 432. The Hall–Kier alpha value is -1.39. The minimum atomic E-state index is -0.924. The van der Waals surface area contributed by atoms with Crippen molar-refractivity contribution in [3.05, 3.63) is 0 Å². The molecule has 3 atom stereocenters. The van der Waals surface area contributed by atoms with E-state index in [1.807, 2.05) is 0 Å². The van der Waals surface area contributed by atoms with Gasteiger partial charge in [-0.1, -0.05) is 58.3 Å². The fourth-order valence-corrected chi connectivity index (χ4v) is 3.54. The number of hydrogen-bond donors (Lipinski definition) is 1. The van der Waals surface area contributed by atoms with Crippen LogP contribution in [0.4, 0.5) is 0 Å². The first-order valence-electron chi connectivity index (χ1n) is 9.86. The Morgan fingerprint density at radius 2 is 1.40 bits per heavy atom. The Labute approximate surface area is 151 Å². The van der Waals surface area contributed by atoms with Crippen molar-refractivity contribution in [3.63, 3.8) is 0 Å². The maximum absolute atomic E-state index is 11.5. The van der Waals surface area contributed by atoms with E-state index in [1.165, 1.54) is 32.1 Å². The zero-order chi connectivity index (χ0) is 18.7. The molecule has 5 heteroatoms. The van der Waals surface area contributed by atoms with Gasteiger partial charge in [0.1, 0.15) is 17.8 Å². The van der Waals surface area contributed by atoms with Crippen molar-refractivity contribution in [2.24, 2.45) is 11.8 Å². The highest BCUT2D eigenvalue weighted by Gasteiger charge is 2.45. The molecule has 144 valence electrons. The van der Waals surface area contributed by atoms with Crippen LogP contribution in [0.2, 0.25) is 0 Å². The molecule has 5 nitrogen and oxygen atoms in total. The molecular weight excluding hydrogens is 320 g/mol. The smallest absolute Gasteiger partial charge is 0.311 e. The van der Waals surface area contributed by atoms with Crippen LogP contribution in [0, 0.1) is 11.8 Å². The van der Waals surface area contributed by atoms with Crippen molar-refractivity contribution in [1.82, 2.24) is 0 Å². The lowest BCUT2D eigenvalue weighted by molar-refractivity contribution is -0.144. The van der Waals surface area contributed by atoms with Gasteiger partial charge in [-0.25, -0.2) is 0 Å². The Kier molecular flexibility index (Phi) is 10.4. The molecule has 3 unspecified atom stereocenters. The lowest BCUT2D eigenvalue weighted by Gasteiger charge is -2.15. The quantitative estimate of drug-likeness (QED) is 0.366. The average molecular weight is 354 g/mol. The van der Waals surface area contributed by atoms with E-state index in [0.717, 1.165) is 38.5 Å². The standard InChI is InChI=1S/C20H34O5/c1-15(21)13-11-9-7-5-3-4-6-8-10-12-14-17-18(19(22)23)16(2)20(24)25-17/h16-18H,3-14H2,1-2H3,(H,22,23). The number of aliphatic carboxylic acids is 1. The number of ether oxygens (including phenoxy) is 1. The minimum absolute atomic E-state index is 0.288. The van der Waals surface area contributed by atoms with Crippen molar-refractivity contribution in [1.29, 1.82) is 0 Å². The van der Waals surface area contributed by atoms with Gasteiger partial charge in [0.05, 0.1) is 5.92 Å². The maximum atomic E-state index is 11.5. The molecule has 0 amide bonds. The molecule has 1 fully saturated rings. The second kappa shape index (κ2) is 12.0. The zero-order valence-corrected chi connectivity index (χ0v) is 15.8.